The minimum absolute atomic E-state index is 0.0307. The summed E-state index contributed by atoms with van der Waals surface area (Å²) in [5.74, 6) is -15.5. The Labute approximate surface area is 735 Å². The first-order valence-electron chi connectivity index (χ1n) is 40.2. The number of aromatic carboxylic acids is 1. The molecule has 5 aliphatic rings. The van der Waals surface area contributed by atoms with E-state index in [1.807, 2.05) is 0 Å². The van der Waals surface area contributed by atoms with Crippen LogP contribution >= 0.6 is 0 Å². The lowest BCUT2D eigenvalue weighted by atomic mass is 9.92. The van der Waals surface area contributed by atoms with Crippen LogP contribution < -0.4 is 26.6 Å². The molecule has 5 saturated carbocycles. The maximum Gasteiger partial charge on any atom is 0.435 e. The number of halogens is 25. The van der Waals surface area contributed by atoms with E-state index < -0.39 is 119 Å². The fourth-order valence-corrected chi connectivity index (χ4v) is 13.8. The van der Waals surface area contributed by atoms with Crippen molar-refractivity contribution < 1.29 is 139 Å². The van der Waals surface area contributed by atoms with E-state index in [9.17, 15) is 124 Å². The van der Waals surface area contributed by atoms with Crippen molar-refractivity contribution >= 4 is 41.7 Å². The molecule has 7 N–H and O–H groups in total. The second kappa shape index (κ2) is 41.0. The van der Waals surface area contributed by atoms with Gasteiger partial charge in [0, 0.05) is 169 Å². The van der Waals surface area contributed by atoms with Crippen molar-refractivity contribution in [1.29, 1.82) is 0 Å². The van der Waals surface area contributed by atoms with Crippen LogP contribution in [0.4, 0.5) is 140 Å². The van der Waals surface area contributed by atoms with Crippen LogP contribution in [0.5, 0.6) is 0 Å². The molecule has 133 heavy (non-hydrogen) atoms. The Kier molecular flexibility index (Phi) is 31.1. The fraction of sp³-hybridized carbons (Fsp3) is 0.519. The normalized spacial score (nSPS) is 17.8. The molecule has 724 valence electrons. The lowest BCUT2D eigenvalue weighted by Gasteiger charge is -2.28. The van der Waals surface area contributed by atoms with Crippen LogP contribution in [0, 0.1) is 6.92 Å². The van der Waals surface area contributed by atoms with Crippen molar-refractivity contribution in [2.75, 3.05) is 40.8 Å². The summed E-state index contributed by atoms with van der Waals surface area (Å²) in [6.45, 7) is 1.32. The molecule has 0 spiro atoms. The number of carboxylic acid groups (broad SMARTS) is 1. The Bertz CT molecular complexity index is 5550. The van der Waals surface area contributed by atoms with Crippen LogP contribution in [0.25, 0.3) is 29.1 Å². The van der Waals surface area contributed by atoms with Gasteiger partial charge in [0.2, 0.25) is 59.4 Å². The number of carbonyl (C=O) groups excluding carboxylic acids is 1. The molecule has 0 saturated heterocycles. The third kappa shape index (κ3) is 29.3. The van der Waals surface area contributed by atoms with Crippen molar-refractivity contribution in [2.24, 2.45) is 0 Å². The summed E-state index contributed by atoms with van der Waals surface area (Å²) in [5.41, 5.74) is -4.99. The number of esters is 1. The van der Waals surface area contributed by atoms with Crippen molar-refractivity contribution in [3.05, 3.63) is 149 Å². The van der Waals surface area contributed by atoms with Gasteiger partial charge in [0.25, 0.3) is 0 Å². The van der Waals surface area contributed by atoms with Crippen LogP contribution in [0.3, 0.4) is 0 Å². The van der Waals surface area contributed by atoms with Crippen molar-refractivity contribution in [3.63, 3.8) is 0 Å². The van der Waals surface area contributed by atoms with E-state index in [-0.39, 0.29) is 229 Å². The summed E-state index contributed by atoms with van der Waals surface area (Å²) in [4.78, 5) is 63.7. The summed E-state index contributed by atoms with van der Waals surface area (Å²) >= 11 is 0. The first-order chi connectivity index (χ1) is 62.0. The Balaban J connectivity index is 0.000000160. The topological polar surface area (TPSA) is 371 Å². The Morgan fingerprint density at radius 2 is 0.586 bits per heavy atom. The van der Waals surface area contributed by atoms with Gasteiger partial charge in [0.1, 0.15) is 0 Å². The standard InChI is InChI=1S/C16H16F5N5O2.C16H18F5N5O.C15H14F5N5O2.C15H16F5N5O.C15H16F5N5/c1-28-13(27)10-8-12(26-7-4-11(25-26)16(19,20)21)24-14(23-10)22-9-2-5-15(17,18)6-3-9;1-27-9-11-8-13(26-7-4-12(25-26)16(19,20)21)24-14(23-11)22-10-2-5-15(17,18)6-3-10;16-14(17)4-1-8(2-5-14)21-13-22-9(12(26)27)7-11(23-13)25-6-3-10(24-25)15(18,19)20;16-14(17)4-1-9(2-5-14)21-13-22-10(8-26)7-12(23-13)25-6-3-11(24-25)15(18,19)20;1-9-8-12(25-7-4-11(24-25)15(18,19)20)23-13(21-9)22-10-2-5-14(16,17)6-3-10/h4,7-9H,2-3,5-6H2,1H3,(H,22,23,24);4,7-8,10H,2-3,5-6,9H2,1H3,(H,22,23,24);3,6-8H,1-2,4-5H2,(H,26,27)(H,21,22,23);3,6-7,9,26H,1-2,4-5,8H2,(H,21,22,23);4,7-8,10H,2-3,5-6H2,1H3,(H,21,22,23). The van der Waals surface area contributed by atoms with E-state index in [0.717, 1.165) is 104 Å². The molecule has 0 radical (unpaired) electrons. The average Bonchev–Trinajstić information content (AvgIpc) is 1.59. The maximum absolute atomic E-state index is 13.3. The summed E-state index contributed by atoms with van der Waals surface area (Å²) in [6, 6.07) is 8.85. The fourth-order valence-electron chi connectivity index (χ4n) is 13.8. The second-order valence-electron chi connectivity index (χ2n) is 31.1. The minimum atomic E-state index is -4.66. The molecule has 10 aromatic heterocycles. The third-order valence-corrected chi connectivity index (χ3v) is 20.7. The zero-order chi connectivity index (χ0) is 97.2. The number of aliphatic hydroxyl groups is 1. The number of nitrogens with one attached hydrogen (secondary N) is 5. The number of ether oxygens (including phenoxy) is 2. The monoisotopic (exact) mass is 1930 g/mol. The molecule has 56 heteroatoms. The van der Waals surface area contributed by atoms with Gasteiger partial charge >= 0.3 is 42.8 Å². The highest BCUT2D eigenvalue weighted by Crippen LogP contribution is 2.41. The van der Waals surface area contributed by atoms with Gasteiger partial charge in [-0.25, -0.2) is 102 Å². The van der Waals surface area contributed by atoms with Gasteiger partial charge in [0.15, 0.2) is 68.9 Å². The first kappa shape index (κ1) is 101. The number of anilines is 5. The molecule has 31 nitrogen and oxygen atoms in total. The van der Waals surface area contributed by atoms with E-state index in [2.05, 4.69) is 107 Å². The average molecular weight is 1930 g/mol. The zero-order valence-corrected chi connectivity index (χ0v) is 69.5. The largest absolute Gasteiger partial charge is 0.477 e. The molecule has 10 heterocycles. The predicted molar refractivity (Wildman–Crippen MR) is 415 cm³/mol. The molecule has 0 atom stereocenters. The van der Waals surface area contributed by atoms with Gasteiger partial charge in [0.05, 0.1) is 31.7 Å². The summed E-state index contributed by atoms with van der Waals surface area (Å²) < 4.78 is 337. The van der Waals surface area contributed by atoms with Crippen molar-refractivity contribution in [1.82, 2.24) is 98.7 Å². The predicted octanol–water partition coefficient (Wildman–Crippen LogP) is 17.8. The molecule has 0 aliphatic heterocycles. The van der Waals surface area contributed by atoms with Gasteiger partial charge < -0.3 is 46.3 Å². The smallest absolute Gasteiger partial charge is 0.435 e. The quantitative estimate of drug-likeness (QED) is 0.0275. The van der Waals surface area contributed by atoms with E-state index >= 15 is 0 Å². The number of carbonyl (C=O) groups is 2. The van der Waals surface area contributed by atoms with Crippen LogP contribution in [-0.2, 0) is 53.6 Å². The molecule has 10 aromatic rings. The highest BCUT2D eigenvalue weighted by atomic mass is 19.4. The third-order valence-electron chi connectivity index (χ3n) is 20.7. The molecule has 15 rings (SSSR count). The van der Waals surface area contributed by atoms with Gasteiger partial charge in [-0.3, -0.25) is 0 Å². The highest BCUT2D eigenvalue weighted by Gasteiger charge is 2.43. The zero-order valence-electron chi connectivity index (χ0n) is 69.5. The SMILES string of the molecule is COC(=O)c1cc(-n2ccc(C(F)(F)F)n2)nc(NC2CCC(F)(F)CC2)n1.COCc1cc(-n2ccc(C(F)(F)F)n2)nc(NC2CCC(F)(F)CC2)n1.Cc1cc(-n2ccc(C(F)(F)F)n2)nc(NC2CCC(F)(F)CC2)n1.O=C(O)c1cc(-n2ccc(C(F)(F)F)n2)nc(NC2CCC(F)(F)CC2)n1.OCc1cc(-n2ccc(C(F)(F)F)n2)nc(NC2CCC(F)(F)CC2)n1. The first-order valence-corrected chi connectivity index (χ1v) is 40.2. The van der Waals surface area contributed by atoms with Crippen LogP contribution in [0.15, 0.2) is 91.6 Å². The lowest BCUT2D eigenvalue weighted by molar-refractivity contribution is -0.142. The molecular formula is C77H80F25N25O6. The number of methoxy groups -OCH3 is 2. The maximum atomic E-state index is 13.3. The van der Waals surface area contributed by atoms with E-state index in [1.165, 1.54) is 25.3 Å². The van der Waals surface area contributed by atoms with Gasteiger partial charge in [-0.15, -0.1) is 0 Å². The van der Waals surface area contributed by atoms with Crippen LogP contribution in [-0.4, -0.2) is 195 Å². The minimum Gasteiger partial charge on any atom is -0.477 e. The van der Waals surface area contributed by atoms with Crippen molar-refractivity contribution in [3.8, 4) is 29.1 Å². The van der Waals surface area contributed by atoms with E-state index in [4.69, 9.17) is 9.84 Å². The van der Waals surface area contributed by atoms with Crippen molar-refractivity contribution in [2.45, 2.75) is 239 Å². The summed E-state index contributed by atoms with van der Waals surface area (Å²) in [5, 5.41) is 50.1. The van der Waals surface area contributed by atoms with E-state index in [0.29, 0.717) is 11.4 Å². The molecule has 0 aromatic carbocycles. The van der Waals surface area contributed by atoms with Gasteiger partial charge in [-0.05, 0) is 101 Å². The summed E-state index contributed by atoms with van der Waals surface area (Å²) in [7, 11) is 2.57. The number of carboxylic acids is 1. The number of hydrogen-bond acceptors (Lipinski definition) is 25. The number of aromatic nitrogens is 20. The Morgan fingerprint density at radius 3 is 0.835 bits per heavy atom. The number of nitrogens with zero attached hydrogens (tertiary/aromatic N) is 20. The number of aryl methyl sites for hydroxylation is 1. The highest BCUT2D eigenvalue weighted by molar-refractivity contribution is 5.88. The number of hydrogen-bond donors (Lipinski definition) is 7. The second-order valence-corrected chi connectivity index (χ2v) is 31.1. The Morgan fingerprint density at radius 1 is 0.353 bits per heavy atom. The Hall–Kier alpha value is -12.4. The van der Waals surface area contributed by atoms with Crippen LogP contribution in [0.2, 0.25) is 0 Å². The van der Waals surface area contributed by atoms with Gasteiger partial charge in [-0.2, -0.15) is 116 Å². The molecule has 0 unspecified atom stereocenters. The van der Waals surface area contributed by atoms with Crippen LogP contribution in [0.1, 0.15) is 195 Å². The summed E-state index contributed by atoms with van der Waals surface area (Å²) in [6.07, 6.45) is -18.2. The molecule has 0 amide bonds. The molecule has 5 fully saturated rings. The lowest BCUT2D eigenvalue weighted by Crippen LogP contribution is -2.32. The molecular weight excluding hydrogens is 1850 g/mol. The number of rotatable bonds is 20. The van der Waals surface area contributed by atoms with E-state index in [1.54, 1.807) is 6.92 Å². The molecule has 0 bridgehead atoms. The van der Waals surface area contributed by atoms with Gasteiger partial charge in [-0.1, -0.05) is 0 Å². The number of aliphatic hydroxyl groups excluding tert-OH is 1. The number of alkyl halides is 25. The molecule has 5 aliphatic carbocycles.